The second-order valence-electron chi connectivity index (χ2n) is 4.01. The van der Waals surface area contributed by atoms with Gasteiger partial charge < -0.3 is 5.73 Å². The maximum absolute atomic E-state index is 12.0. The van der Waals surface area contributed by atoms with Crippen molar-refractivity contribution in [1.29, 1.82) is 0 Å². The van der Waals surface area contributed by atoms with E-state index in [0.717, 1.165) is 4.90 Å². The van der Waals surface area contributed by atoms with Crippen LogP contribution in [0.25, 0.3) is 0 Å². The average Bonchev–Trinajstić information content (AvgIpc) is 2.45. The lowest BCUT2D eigenvalue weighted by molar-refractivity contribution is -0.137. The number of amides is 2. The topological polar surface area (TPSA) is 110 Å². The molecule has 2 amide bonds. The molecule has 0 aliphatic carbocycles. The van der Waals surface area contributed by atoms with Crippen molar-refractivity contribution in [1.82, 2.24) is 9.62 Å². The molecule has 0 saturated carbocycles. The molecule has 9 heteroatoms. The molecule has 102 valence electrons. The highest BCUT2D eigenvalue weighted by Crippen LogP contribution is 2.14. The quantitative estimate of drug-likeness (QED) is 0.483. The number of thiocarbonyl (C=S) groups is 1. The molecule has 2 atom stereocenters. The predicted octanol–water partition coefficient (Wildman–Crippen LogP) is -1.27. The summed E-state index contributed by atoms with van der Waals surface area (Å²) in [4.78, 5) is 23.6. The third-order valence-electron chi connectivity index (χ3n) is 2.75. The fraction of sp³-hybridized carbons (Fsp3) is 0.667. The predicted molar refractivity (Wildman–Crippen MR) is 69.1 cm³/mol. The van der Waals surface area contributed by atoms with E-state index in [2.05, 4.69) is 16.9 Å². The van der Waals surface area contributed by atoms with Crippen LogP contribution < -0.4 is 10.5 Å². The summed E-state index contributed by atoms with van der Waals surface area (Å²) in [5, 5.41) is -1.04. The van der Waals surface area contributed by atoms with E-state index in [1.807, 2.05) is 0 Å². The fourth-order valence-corrected chi connectivity index (χ4v) is 3.74. The van der Waals surface area contributed by atoms with Crippen LogP contribution in [0.5, 0.6) is 0 Å². The minimum Gasteiger partial charge on any atom is -0.392 e. The van der Waals surface area contributed by atoms with Crippen molar-refractivity contribution in [3.05, 3.63) is 0 Å². The Kier molecular flexibility index (Phi) is 4.41. The second kappa shape index (κ2) is 5.29. The largest absolute Gasteiger partial charge is 0.392 e. The summed E-state index contributed by atoms with van der Waals surface area (Å²) in [5.74, 6) is -0.988. The van der Waals surface area contributed by atoms with Gasteiger partial charge in [0.15, 0.2) is 0 Å². The van der Waals surface area contributed by atoms with Crippen molar-refractivity contribution in [2.75, 3.05) is 7.05 Å². The number of sulfonamides is 1. The molecule has 0 aromatic heterocycles. The van der Waals surface area contributed by atoms with Gasteiger partial charge in [0.05, 0.1) is 11.4 Å². The first-order valence-corrected chi connectivity index (χ1v) is 7.27. The summed E-state index contributed by atoms with van der Waals surface area (Å²) in [6, 6.07) is -1.06. The van der Waals surface area contributed by atoms with Crippen LogP contribution in [-0.4, -0.2) is 48.5 Å². The number of likely N-dealkylation sites (N-methyl/N-ethyl adjacent to an activating group) is 1. The lowest BCUT2D eigenvalue weighted by atomic mass is 10.3. The number of hydrogen-bond acceptors (Lipinski definition) is 5. The van der Waals surface area contributed by atoms with Crippen molar-refractivity contribution >= 4 is 39.0 Å². The number of carbonyl (C=O) groups excluding carboxylic acids is 2. The van der Waals surface area contributed by atoms with Crippen LogP contribution in [0.1, 0.15) is 19.8 Å². The van der Waals surface area contributed by atoms with Crippen LogP contribution in [0.2, 0.25) is 0 Å². The third kappa shape index (κ3) is 2.85. The smallest absolute Gasteiger partial charge is 0.247 e. The number of nitrogens with one attached hydrogen (secondary N) is 1. The Hall–Kier alpha value is -1.06. The average molecular weight is 293 g/mol. The Morgan fingerprint density at radius 2 is 2.17 bits per heavy atom. The van der Waals surface area contributed by atoms with Gasteiger partial charge in [-0.2, -0.15) is 0 Å². The molecule has 1 aliphatic heterocycles. The SMILES string of the molecule is CCC(C(N)=S)S(=O)(=O)NC1CC(=O)N(C)C1=O. The fourth-order valence-electron chi connectivity index (χ4n) is 1.70. The Morgan fingerprint density at radius 3 is 2.50 bits per heavy atom. The molecule has 0 spiro atoms. The van der Waals surface area contributed by atoms with Gasteiger partial charge in [-0.05, 0) is 6.42 Å². The van der Waals surface area contributed by atoms with Gasteiger partial charge in [0.2, 0.25) is 21.8 Å². The van der Waals surface area contributed by atoms with Crippen LogP contribution in [0, 0.1) is 0 Å². The molecule has 2 unspecified atom stereocenters. The summed E-state index contributed by atoms with van der Waals surface area (Å²) in [6.45, 7) is 1.62. The van der Waals surface area contributed by atoms with Gasteiger partial charge in [0.1, 0.15) is 11.3 Å². The van der Waals surface area contributed by atoms with E-state index in [1.165, 1.54) is 7.05 Å². The van der Waals surface area contributed by atoms with Gasteiger partial charge in [-0.1, -0.05) is 19.1 Å². The molecular weight excluding hydrogens is 278 g/mol. The molecule has 1 saturated heterocycles. The zero-order chi connectivity index (χ0) is 14.1. The van der Waals surface area contributed by atoms with E-state index in [-0.39, 0.29) is 17.8 Å². The van der Waals surface area contributed by atoms with Crippen LogP contribution in [0.4, 0.5) is 0 Å². The summed E-state index contributed by atoms with van der Waals surface area (Å²) in [5.41, 5.74) is 5.35. The highest BCUT2D eigenvalue weighted by Gasteiger charge is 2.40. The zero-order valence-corrected chi connectivity index (χ0v) is 11.7. The van der Waals surface area contributed by atoms with Crippen molar-refractivity contribution in [3.8, 4) is 0 Å². The van der Waals surface area contributed by atoms with Crippen molar-refractivity contribution < 1.29 is 18.0 Å². The number of nitrogens with zero attached hydrogens (tertiary/aromatic N) is 1. The number of imide groups is 1. The lowest BCUT2D eigenvalue weighted by Crippen LogP contribution is -2.48. The molecular formula is C9H15N3O4S2. The Morgan fingerprint density at radius 1 is 1.61 bits per heavy atom. The Labute approximate surface area is 111 Å². The van der Waals surface area contributed by atoms with Crippen LogP contribution >= 0.6 is 12.2 Å². The van der Waals surface area contributed by atoms with E-state index in [9.17, 15) is 18.0 Å². The molecule has 1 fully saturated rings. The van der Waals surface area contributed by atoms with Crippen molar-refractivity contribution in [2.45, 2.75) is 31.1 Å². The minimum atomic E-state index is -3.85. The summed E-state index contributed by atoms with van der Waals surface area (Å²) in [6.07, 6.45) is 0.0255. The molecule has 3 N–H and O–H groups in total. The third-order valence-corrected chi connectivity index (χ3v) is 5.13. The van der Waals surface area contributed by atoms with E-state index in [4.69, 9.17) is 5.73 Å². The summed E-state index contributed by atoms with van der Waals surface area (Å²) < 4.78 is 26.1. The molecule has 1 rings (SSSR count). The standard InChI is InChI=1S/C9H15N3O4S2/c1-3-6(8(10)17)18(15,16)11-5-4-7(13)12(2)9(5)14/h5-6,11H,3-4H2,1-2H3,(H2,10,17). The number of likely N-dealkylation sites (tertiary alicyclic amines) is 1. The van der Waals surface area contributed by atoms with Crippen LogP contribution in [0.3, 0.4) is 0 Å². The van der Waals surface area contributed by atoms with Crippen LogP contribution in [-0.2, 0) is 19.6 Å². The lowest BCUT2D eigenvalue weighted by Gasteiger charge is -2.17. The van der Waals surface area contributed by atoms with E-state index in [0.29, 0.717) is 0 Å². The van der Waals surface area contributed by atoms with Gasteiger partial charge in [-0.3, -0.25) is 14.5 Å². The molecule has 0 aromatic rings. The first-order valence-electron chi connectivity index (χ1n) is 5.31. The number of rotatable bonds is 5. The molecule has 7 nitrogen and oxygen atoms in total. The van der Waals surface area contributed by atoms with Gasteiger partial charge in [-0.25, -0.2) is 13.1 Å². The maximum atomic E-state index is 12.0. The molecule has 1 aliphatic rings. The Balaban J connectivity index is 2.88. The first-order chi connectivity index (χ1) is 8.20. The zero-order valence-electron chi connectivity index (χ0n) is 10.0. The second-order valence-corrected chi connectivity index (χ2v) is 6.38. The molecule has 1 heterocycles. The molecule has 0 aromatic carbocycles. The van der Waals surface area contributed by atoms with E-state index in [1.54, 1.807) is 6.92 Å². The number of carbonyl (C=O) groups is 2. The summed E-state index contributed by atoms with van der Waals surface area (Å²) in [7, 11) is -2.54. The first kappa shape index (κ1) is 15.0. The molecule has 0 bridgehead atoms. The monoisotopic (exact) mass is 293 g/mol. The highest BCUT2D eigenvalue weighted by molar-refractivity contribution is 7.93. The summed E-state index contributed by atoms with van der Waals surface area (Å²) >= 11 is 4.68. The van der Waals surface area contributed by atoms with Crippen LogP contribution in [0.15, 0.2) is 0 Å². The van der Waals surface area contributed by atoms with Gasteiger partial charge >= 0.3 is 0 Å². The molecule has 0 radical (unpaired) electrons. The maximum Gasteiger partial charge on any atom is 0.247 e. The highest BCUT2D eigenvalue weighted by atomic mass is 32.2. The number of hydrogen-bond donors (Lipinski definition) is 2. The van der Waals surface area contributed by atoms with Crippen molar-refractivity contribution in [2.24, 2.45) is 5.73 Å². The van der Waals surface area contributed by atoms with Crippen molar-refractivity contribution in [3.63, 3.8) is 0 Å². The minimum absolute atomic E-state index is 0.157. The van der Waals surface area contributed by atoms with E-state index >= 15 is 0 Å². The Bertz CT molecular complexity index is 488. The normalized spacial score (nSPS) is 22.3. The number of nitrogens with two attached hydrogens (primary N) is 1. The van der Waals surface area contributed by atoms with E-state index < -0.39 is 33.1 Å². The van der Waals surface area contributed by atoms with Gasteiger partial charge in [0.25, 0.3) is 0 Å². The molecule has 18 heavy (non-hydrogen) atoms. The van der Waals surface area contributed by atoms with Gasteiger partial charge in [0, 0.05) is 7.05 Å². The van der Waals surface area contributed by atoms with Gasteiger partial charge in [-0.15, -0.1) is 0 Å².